The van der Waals surface area contributed by atoms with Crippen molar-refractivity contribution < 1.29 is 9.90 Å². The summed E-state index contributed by atoms with van der Waals surface area (Å²) in [5.41, 5.74) is 1.87. The monoisotopic (exact) mass is 314 g/mol. The second kappa shape index (κ2) is 5.91. The molecule has 0 bridgehead atoms. The fourth-order valence-electron chi connectivity index (χ4n) is 4.06. The molecule has 4 rings (SSSR count). The Hall–Kier alpha value is -1.39. The molecule has 2 aliphatic carbocycles. The molecule has 0 amide bonds. The first-order valence-corrected chi connectivity index (χ1v) is 8.89. The first-order chi connectivity index (χ1) is 11.2. The van der Waals surface area contributed by atoms with Crippen LogP contribution in [0.3, 0.4) is 0 Å². The van der Waals surface area contributed by atoms with Crippen molar-refractivity contribution in [2.45, 2.75) is 37.6 Å². The summed E-state index contributed by atoms with van der Waals surface area (Å²) < 4.78 is 0. The summed E-state index contributed by atoms with van der Waals surface area (Å²) in [7, 11) is 0. The molecule has 1 heterocycles. The fraction of sp³-hybridized carbons (Fsp3) is 0.632. The van der Waals surface area contributed by atoms with Crippen LogP contribution >= 0.6 is 0 Å². The Morgan fingerprint density at radius 1 is 1.30 bits per heavy atom. The number of carboxylic acids is 1. The van der Waals surface area contributed by atoms with Gasteiger partial charge in [-0.3, -0.25) is 4.79 Å². The SMILES string of the molecule is O=C(O)[C@H]1CCN(CC2(CN[C@H]3C[C@@H]3c3ccccc3)CC2)C1. The number of aliphatic carboxylic acids is 1. The highest BCUT2D eigenvalue weighted by atomic mass is 16.4. The Bertz CT molecular complexity index is 570. The topological polar surface area (TPSA) is 52.6 Å². The van der Waals surface area contributed by atoms with Gasteiger partial charge in [0.1, 0.15) is 0 Å². The molecule has 0 spiro atoms. The summed E-state index contributed by atoms with van der Waals surface area (Å²) in [5.74, 6) is -0.0843. The van der Waals surface area contributed by atoms with Crippen LogP contribution in [0.1, 0.15) is 37.2 Å². The summed E-state index contributed by atoms with van der Waals surface area (Å²) in [6.07, 6.45) is 4.65. The van der Waals surface area contributed by atoms with Gasteiger partial charge >= 0.3 is 5.97 Å². The molecule has 2 N–H and O–H groups in total. The van der Waals surface area contributed by atoms with E-state index in [4.69, 9.17) is 5.11 Å². The first-order valence-electron chi connectivity index (χ1n) is 8.89. The molecular formula is C19H26N2O2. The number of likely N-dealkylation sites (tertiary alicyclic amines) is 1. The summed E-state index contributed by atoms with van der Waals surface area (Å²) >= 11 is 0. The Morgan fingerprint density at radius 2 is 2.09 bits per heavy atom. The Labute approximate surface area is 137 Å². The van der Waals surface area contributed by atoms with Crippen molar-refractivity contribution in [1.82, 2.24) is 10.2 Å². The number of rotatable bonds is 7. The molecule has 0 radical (unpaired) electrons. The molecule has 0 unspecified atom stereocenters. The minimum Gasteiger partial charge on any atom is -0.481 e. The van der Waals surface area contributed by atoms with Crippen LogP contribution in [0, 0.1) is 11.3 Å². The van der Waals surface area contributed by atoms with Crippen LogP contribution in [0.25, 0.3) is 0 Å². The molecule has 1 saturated heterocycles. The molecule has 1 aromatic carbocycles. The lowest BCUT2D eigenvalue weighted by molar-refractivity contribution is -0.141. The largest absolute Gasteiger partial charge is 0.481 e. The van der Waals surface area contributed by atoms with Crippen LogP contribution in [0.4, 0.5) is 0 Å². The molecule has 2 saturated carbocycles. The predicted octanol–water partition coefficient (Wildman–Crippen LogP) is 2.32. The maximum atomic E-state index is 11.1. The Balaban J connectivity index is 1.23. The molecule has 0 aromatic heterocycles. The molecule has 1 aliphatic heterocycles. The summed E-state index contributed by atoms with van der Waals surface area (Å²) in [6, 6.07) is 11.4. The zero-order valence-corrected chi connectivity index (χ0v) is 13.6. The maximum Gasteiger partial charge on any atom is 0.307 e. The number of nitrogens with zero attached hydrogens (tertiary/aromatic N) is 1. The van der Waals surface area contributed by atoms with E-state index in [0.29, 0.717) is 17.4 Å². The highest BCUT2D eigenvalue weighted by Gasteiger charge is 2.47. The molecule has 4 nitrogen and oxygen atoms in total. The van der Waals surface area contributed by atoms with Crippen molar-refractivity contribution in [3.8, 4) is 0 Å². The van der Waals surface area contributed by atoms with Gasteiger partial charge in [0.25, 0.3) is 0 Å². The van der Waals surface area contributed by atoms with Crippen molar-refractivity contribution in [3.63, 3.8) is 0 Å². The molecule has 124 valence electrons. The van der Waals surface area contributed by atoms with E-state index in [1.54, 1.807) is 0 Å². The minimum atomic E-state index is -0.626. The number of carboxylic acid groups (broad SMARTS) is 1. The van der Waals surface area contributed by atoms with Gasteiger partial charge in [-0.15, -0.1) is 0 Å². The van der Waals surface area contributed by atoms with Crippen LogP contribution in [-0.2, 0) is 4.79 Å². The van der Waals surface area contributed by atoms with E-state index in [2.05, 4.69) is 40.5 Å². The summed E-state index contributed by atoms with van der Waals surface area (Å²) in [5, 5.41) is 12.9. The van der Waals surface area contributed by atoms with Gasteiger partial charge in [-0.25, -0.2) is 0 Å². The lowest BCUT2D eigenvalue weighted by Crippen LogP contribution is -2.36. The number of hydrogen-bond acceptors (Lipinski definition) is 3. The van der Waals surface area contributed by atoms with Gasteiger partial charge in [-0.05, 0) is 43.2 Å². The van der Waals surface area contributed by atoms with Gasteiger partial charge in [0.2, 0.25) is 0 Å². The van der Waals surface area contributed by atoms with Crippen LogP contribution < -0.4 is 5.32 Å². The van der Waals surface area contributed by atoms with Gasteiger partial charge in [0, 0.05) is 31.6 Å². The van der Waals surface area contributed by atoms with E-state index in [0.717, 1.165) is 32.6 Å². The van der Waals surface area contributed by atoms with Crippen molar-refractivity contribution in [1.29, 1.82) is 0 Å². The summed E-state index contributed by atoms with van der Waals surface area (Å²) in [6.45, 7) is 3.86. The van der Waals surface area contributed by atoms with E-state index < -0.39 is 5.97 Å². The van der Waals surface area contributed by atoms with Gasteiger partial charge in [0.05, 0.1) is 5.92 Å². The highest BCUT2D eigenvalue weighted by Crippen LogP contribution is 2.48. The molecule has 1 aromatic rings. The second-order valence-corrected chi connectivity index (χ2v) is 7.80. The number of hydrogen-bond donors (Lipinski definition) is 2. The zero-order valence-electron chi connectivity index (χ0n) is 13.6. The number of nitrogens with one attached hydrogen (secondary N) is 1. The molecular weight excluding hydrogens is 288 g/mol. The highest BCUT2D eigenvalue weighted by molar-refractivity contribution is 5.70. The maximum absolute atomic E-state index is 11.1. The van der Waals surface area contributed by atoms with Gasteiger partial charge in [0.15, 0.2) is 0 Å². The van der Waals surface area contributed by atoms with E-state index >= 15 is 0 Å². The standard InChI is InChI=1S/C19H26N2O2/c22-18(23)15-6-9-21(11-15)13-19(7-8-19)12-20-17-10-16(17)14-4-2-1-3-5-14/h1-5,15-17,20H,6-13H2,(H,22,23)/t15-,16+,17-/m0/s1. The minimum absolute atomic E-state index is 0.148. The lowest BCUT2D eigenvalue weighted by Gasteiger charge is -2.23. The van der Waals surface area contributed by atoms with Crippen molar-refractivity contribution in [2.24, 2.45) is 11.3 Å². The molecule has 3 fully saturated rings. The van der Waals surface area contributed by atoms with Gasteiger partial charge in [-0.2, -0.15) is 0 Å². The van der Waals surface area contributed by atoms with Gasteiger partial charge < -0.3 is 15.3 Å². The Kier molecular flexibility index (Phi) is 3.90. The lowest BCUT2D eigenvalue weighted by atomic mass is 10.1. The van der Waals surface area contributed by atoms with Crippen molar-refractivity contribution in [3.05, 3.63) is 35.9 Å². The van der Waals surface area contributed by atoms with Crippen molar-refractivity contribution in [2.75, 3.05) is 26.2 Å². The fourth-order valence-corrected chi connectivity index (χ4v) is 4.06. The molecule has 4 heteroatoms. The first kappa shape index (κ1) is 15.2. The third-order valence-electron chi connectivity index (χ3n) is 5.90. The second-order valence-electron chi connectivity index (χ2n) is 7.80. The third-order valence-corrected chi connectivity index (χ3v) is 5.90. The molecule has 3 atom stereocenters. The average Bonchev–Trinajstić information content (AvgIpc) is 3.44. The quantitative estimate of drug-likeness (QED) is 0.811. The normalized spacial score (nSPS) is 31.9. The third kappa shape index (κ3) is 3.43. The zero-order chi connectivity index (χ0) is 15.9. The van der Waals surface area contributed by atoms with Crippen LogP contribution in [0.15, 0.2) is 30.3 Å². The van der Waals surface area contributed by atoms with Gasteiger partial charge in [-0.1, -0.05) is 30.3 Å². The molecule has 3 aliphatic rings. The van der Waals surface area contributed by atoms with Crippen LogP contribution in [-0.4, -0.2) is 48.2 Å². The van der Waals surface area contributed by atoms with E-state index in [1.165, 1.54) is 24.8 Å². The number of carbonyl (C=O) groups is 1. The summed E-state index contributed by atoms with van der Waals surface area (Å²) in [4.78, 5) is 13.5. The smallest absolute Gasteiger partial charge is 0.307 e. The van der Waals surface area contributed by atoms with Crippen molar-refractivity contribution >= 4 is 5.97 Å². The van der Waals surface area contributed by atoms with E-state index in [1.807, 2.05) is 0 Å². The van der Waals surface area contributed by atoms with E-state index in [-0.39, 0.29) is 5.92 Å². The van der Waals surface area contributed by atoms with Crippen LogP contribution in [0.2, 0.25) is 0 Å². The predicted molar refractivity (Wildman–Crippen MR) is 89.4 cm³/mol. The number of benzene rings is 1. The average molecular weight is 314 g/mol. The molecule has 23 heavy (non-hydrogen) atoms. The van der Waals surface area contributed by atoms with Crippen LogP contribution in [0.5, 0.6) is 0 Å². The van der Waals surface area contributed by atoms with E-state index in [9.17, 15) is 4.79 Å². The Morgan fingerprint density at radius 3 is 2.74 bits per heavy atom.